The van der Waals surface area contributed by atoms with E-state index in [0.717, 1.165) is 11.3 Å². The van der Waals surface area contributed by atoms with Gasteiger partial charge in [-0.3, -0.25) is 9.97 Å². The van der Waals surface area contributed by atoms with Crippen LogP contribution in [0.4, 0.5) is 5.69 Å². The Labute approximate surface area is 99.5 Å². The lowest BCUT2D eigenvalue weighted by molar-refractivity contribution is 0.879. The standard InChI is InChI=1S/C12H12ClN3/c1-9(10-2-5-14-6-3-10)16-12-8-15-7-4-11(12)13/h2-9,16H,1H3. The van der Waals surface area contributed by atoms with E-state index in [-0.39, 0.29) is 6.04 Å². The van der Waals surface area contributed by atoms with Gasteiger partial charge in [-0.2, -0.15) is 0 Å². The summed E-state index contributed by atoms with van der Waals surface area (Å²) >= 11 is 6.04. The van der Waals surface area contributed by atoms with Gasteiger partial charge in [-0.15, -0.1) is 0 Å². The van der Waals surface area contributed by atoms with Gasteiger partial charge in [0.25, 0.3) is 0 Å². The minimum atomic E-state index is 0.171. The van der Waals surface area contributed by atoms with Crippen LogP contribution in [0.5, 0.6) is 0 Å². The molecule has 1 N–H and O–H groups in total. The van der Waals surface area contributed by atoms with E-state index in [2.05, 4.69) is 22.2 Å². The molecule has 4 heteroatoms. The molecule has 1 atom stereocenters. The Morgan fingerprint density at radius 1 is 1.12 bits per heavy atom. The number of hydrogen-bond acceptors (Lipinski definition) is 3. The molecule has 0 spiro atoms. The maximum atomic E-state index is 6.04. The van der Waals surface area contributed by atoms with Crippen molar-refractivity contribution in [3.63, 3.8) is 0 Å². The third kappa shape index (κ3) is 2.49. The zero-order valence-electron chi connectivity index (χ0n) is 8.89. The van der Waals surface area contributed by atoms with Crippen molar-refractivity contribution < 1.29 is 0 Å². The second kappa shape index (κ2) is 4.94. The number of anilines is 1. The second-order valence-corrected chi connectivity index (χ2v) is 3.91. The highest BCUT2D eigenvalue weighted by atomic mass is 35.5. The van der Waals surface area contributed by atoms with Crippen molar-refractivity contribution in [3.05, 3.63) is 53.6 Å². The fraction of sp³-hybridized carbons (Fsp3) is 0.167. The summed E-state index contributed by atoms with van der Waals surface area (Å²) in [6.07, 6.45) is 6.95. The Morgan fingerprint density at radius 2 is 1.81 bits per heavy atom. The lowest BCUT2D eigenvalue weighted by atomic mass is 10.1. The third-order valence-electron chi connectivity index (χ3n) is 2.35. The van der Waals surface area contributed by atoms with Gasteiger partial charge in [-0.05, 0) is 30.7 Å². The van der Waals surface area contributed by atoms with E-state index in [4.69, 9.17) is 11.6 Å². The molecule has 3 nitrogen and oxygen atoms in total. The molecule has 0 amide bonds. The molecule has 2 heterocycles. The van der Waals surface area contributed by atoms with E-state index in [1.54, 1.807) is 30.9 Å². The van der Waals surface area contributed by atoms with Crippen LogP contribution in [-0.4, -0.2) is 9.97 Å². The SMILES string of the molecule is CC(Nc1cnccc1Cl)c1ccncc1. The van der Waals surface area contributed by atoms with Crippen molar-refractivity contribution in [3.8, 4) is 0 Å². The molecule has 0 saturated carbocycles. The number of nitrogens with one attached hydrogen (secondary N) is 1. The van der Waals surface area contributed by atoms with Gasteiger partial charge in [0, 0.05) is 24.6 Å². The van der Waals surface area contributed by atoms with Crippen LogP contribution in [0.25, 0.3) is 0 Å². The van der Waals surface area contributed by atoms with Crippen molar-refractivity contribution in [1.29, 1.82) is 0 Å². The normalized spacial score (nSPS) is 12.1. The summed E-state index contributed by atoms with van der Waals surface area (Å²) < 4.78 is 0. The van der Waals surface area contributed by atoms with E-state index in [0.29, 0.717) is 5.02 Å². The molecule has 0 aliphatic rings. The van der Waals surface area contributed by atoms with Crippen LogP contribution in [0.1, 0.15) is 18.5 Å². The Balaban J connectivity index is 2.14. The average Bonchev–Trinajstić information content (AvgIpc) is 2.33. The highest BCUT2D eigenvalue weighted by Gasteiger charge is 2.06. The minimum absolute atomic E-state index is 0.171. The average molecular weight is 234 g/mol. The van der Waals surface area contributed by atoms with Gasteiger partial charge in [0.15, 0.2) is 0 Å². The van der Waals surface area contributed by atoms with Crippen LogP contribution < -0.4 is 5.32 Å². The fourth-order valence-electron chi connectivity index (χ4n) is 1.45. The maximum absolute atomic E-state index is 6.04. The zero-order chi connectivity index (χ0) is 11.4. The highest BCUT2D eigenvalue weighted by molar-refractivity contribution is 6.33. The smallest absolute Gasteiger partial charge is 0.0720 e. The highest BCUT2D eigenvalue weighted by Crippen LogP contribution is 2.24. The second-order valence-electron chi connectivity index (χ2n) is 3.50. The first-order valence-electron chi connectivity index (χ1n) is 5.03. The Morgan fingerprint density at radius 3 is 2.50 bits per heavy atom. The molecule has 82 valence electrons. The van der Waals surface area contributed by atoms with Gasteiger partial charge >= 0.3 is 0 Å². The molecule has 0 radical (unpaired) electrons. The number of pyridine rings is 2. The lowest BCUT2D eigenvalue weighted by Crippen LogP contribution is -2.07. The van der Waals surface area contributed by atoms with E-state index >= 15 is 0 Å². The molecule has 2 aromatic heterocycles. The number of nitrogens with zero attached hydrogens (tertiary/aromatic N) is 2. The Hall–Kier alpha value is -1.61. The minimum Gasteiger partial charge on any atom is -0.376 e. The van der Waals surface area contributed by atoms with E-state index in [9.17, 15) is 0 Å². The first-order valence-corrected chi connectivity index (χ1v) is 5.41. The van der Waals surface area contributed by atoms with Gasteiger partial charge in [0.05, 0.1) is 16.9 Å². The molecule has 0 aliphatic carbocycles. The van der Waals surface area contributed by atoms with Gasteiger partial charge in [-0.25, -0.2) is 0 Å². The molecule has 16 heavy (non-hydrogen) atoms. The van der Waals surface area contributed by atoms with Crippen LogP contribution in [0.3, 0.4) is 0 Å². The summed E-state index contributed by atoms with van der Waals surface area (Å²) in [7, 11) is 0. The maximum Gasteiger partial charge on any atom is 0.0720 e. The van der Waals surface area contributed by atoms with E-state index < -0.39 is 0 Å². The van der Waals surface area contributed by atoms with Crippen molar-refractivity contribution in [2.45, 2.75) is 13.0 Å². The Kier molecular flexibility index (Phi) is 3.37. The molecular formula is C12H12ClN3. The first kappa shape index (κ1) is 10.9. The summed E-state index contributed by atoms with van der Waals surface area (Å²) in [5.41, 5.74) is 2.00. The van der Waals surface area contributed by atoms with E-state index in [1.165, 1.54) is 0 Å². The quantitative estimate of drug-likeness (QED) is 0.884. The summed E-state index contributed by atoms with van der Waals surface area (Å²) in [4.78, 5) is 8.02. The van der Waals surface area contributed by atoms with Crippen molar-refractivity contribution in [2.75, 3.05) is 5.32 Å². The first-order chi connectivity index (χ1) is 7.77. The molecule has 0 aromatic carbocycles. The number of aromatic nitrogens is 2. The van der Waals surface area contributed by atoms with Crippen molar-refractivity contribution in [2.24, 2.45) is 0 Å². The Bertz CT molecular complexity index is 459. The molecule has 1 unspecified atom stereocenters. The molecule has 0 saturated heterocycles. The van der Waals surface area contributed by atoms with Crippen LogP contribution in [0.15, 0.2) is 43.0 Å². The topological polar surface area (TPSA) is 37.8 Å². The van der Waals surface area contributed by atoms with Crippen molar-refractivity contribution in [1.82, 2.24) is 9.97 Å². The predicted molar refractivity (Wildman–Crippen MR) is 65.5 cm³/mol. The summed E-state index contributed by atoms with van der Waals surface area (Å²) in [5.74, 6) is 0. The van der Waals surface area contributed by atoms with E-state index in [1.807, 2.05) is 12.1 Å². The monoisotopic (exact) mass is 233 g/mol. The van der Waals surface area contributed by atoms with Gasteiger partial charge < -0.3 is 5.32 Å². The largest absolute Gasteiger partial charge is 0.376 e. The molecule has 0 fully saturated rings. The number of rotatable bonds is 3. The van der Waals surface area contributed by atoms with Crippen LogP contribution in [0.2, 0.25) is 5.02 Å². The number of hydrogen-bond donors (Lipinski definition) is 1. The fourth-order valence-corrected chi connectivity index (χ4v) is 1.61. The van der Waals surface area contributed by atoms with Crippen LogP contribution >= 0.6 is 11.6 Å². The number of halogens is 1. The molecule has 0 aliphatic heterocycles. The molecule has 2 aromatic rings. The third-order valence-corrected chi connectivity index (χ3v) is 2.68. The summed E-state index contributed by atoms with van der Waals surface area (Å²) in [5, 5.41) is 3.98. The molecule has 0 bridgehead atoms. The van der Waals surface area contributed by atoms with Gasteiger partial charge in [0.1, 0.15) is 0 Å². The van der Waals surface area contributed by atoms with Crippen molar-refractivity contribution >= 4 is 17.3 Å². The summed E-state index contributed by atoms with van der Waals surface area (Å²) in [6.45, 7) is 2.07. The van der Waals surface area contributed by atoms with Crippen LogP contribution in [0, 0.1) is 0 Å². The predicted octanol–water partition coefficient (Wildman–Crippen LogP) is 3.30. The summed E-state index contributed by atoms with van der Waals surface area (Å²) in [6, 6.07) is 5.89. The van der Waals surface area contributed by atoms with Gasteiger partial charge in [-0.1, -0.05) is 11.6 Å². The van der Waals surface area contributed by atoms with Crippen LogP contribution in [-0.2, 0) is 0 Å². The molecule has 2 rings (SSSR count). The lowest BCUT2D eigenvalue weighted by Gasteiger charge is -2.15. The zero-order valence-corrected chi connectivity index (χ0v) is 9.65. The molecular weight excluding hydrogens is 222 g/mol. The van der Waals surface area contributed by atoms with Gasteiger partial charge in [0.2, 0.25) is 0 Å².